The first-order valence-corrected chi connectivity index (χ1v) is 12.0. The van der Waals surface area contributed by atoms with E-state index in [0.717, 1.165) is 5.56 Å². The van der Waals surface area contributed by atoms with E-state index in [0.29, 0.717) is 28.5 Å². The number of ketones is 1. The van der Waals surface area contributed by atoms with Crippen LogP contribution in [0, 0.1) is 0 Å². The van der Waals surface area contributed by atoms with Crippen LogP contribution in [0.3, 0.4) is 0 Å². The second kappa shape index (κ2) is 9.59. The Hall–Kier alpha value is -3.78. The zero-order valence-corrected chi connectivity index (χ0v) is 20.4. The number of ether oxygens (including phenoxy) is 1. The molecule has 2 aliphatic rings. The first-order valence-electron chi connectivity index (χ1n) is 11.6. The molecule has 0 unspecified atom stereocenters. The number of anilines is 2. The van der Waals surface area contributed by atoms with Crippen molar-refractivity contribution in [2.24, 2.45) is 0 Å². The van der Waals surface area contributed by atoms with Crippen LogP contribution in [0.1, 0.15) is 35.9 Å². The number of nitrogens with one attached hydrogen (secondary N) is 1. The lowest BCUT2D eigenvalue weighted by Crippen LogP contribution is -2.45. The van der Waals surface area contributed by atoms with Crippen molar-refractivity contribution in [2.75, 3.05) is 17.3 Å². The minimum atomic E-state index is -5.18. The van der Waals surface area contributed by atoms with E-state index >= 15 is 0 Å². The van der Waals surface area contributed by atoms with Gasteiger partial charge in [0.25, 0.3) is 0 Å². The van der Waals surface area contributed by atoms with E-state index in [9.17, 15) is 22.8 Å². The van der Waals surface area contributed by atoms with E-state index < -0.39 is 18.1 Å². The molecule has 1 heterocycles. The highest BCUT2D eigenvalue weighted by atomic mass is 35.5. The molecule has 5 rings (SSSR count). The number of Topliss-reactive ketones (excluding diaryl/α,β-unsaturated/α-hetero) is 1. The zero-order chi connectivity index (χ0) is 26.3. The van der Waals surface area contributed by atoms with Crippen LogP contribution in [0.2, 0.25) is 5.02 Å². The second-order valence-electron chi connectivity index (χ2n) is 8.93. The van der Waals surface area contributed by atoms with Gasteiger partial charge in [-0.3, -0.25) is 14.5 Å². The number of alkyl halides is 3. The fraction of sp³-hybridized carbons (Fsp3) is 0.214. The quantitative estimate of drug-likeness (QED) is 0.407. The largest absolute Gasteiger partial charge is 0.497 e. The molecule has 9 heteroatoms. The van der Waals surface area contributed by atoms with E-state index in [-0.39, 0.29) is 40.0 Å². The Balaban J connectivity index is 1.71. The van der Waals surface area contributed by atoms with Gasteiger partial charge in [0.1, 0.15) is 5.75 Å². The molecular formula is C28H22ClF3N2O3. The summed E-state index contributed by atoms with van der Waals surface area (Å²) in [6, 6.07) is 18.6. The van der Waals surface area contributed by atoms with E-state index in [1.165, 1.54) is 12.1 Å². The van der Waals surface area contributed by atoms with Gasteiger partial charge in [-0.2, -0.15) is 13.2 Å². The molecule has 0 spiro atoms. The maximum Gasteiger partial charge on any atom is 0.471 e. The predicted molar refractivity (Wildman–Crippen MR) is 135 cm³/mol. The number of methoxy groups -OCH3 is 1. The highest BCUT2D eigenvalue weighted by Crippen LogP contribution is 2.49. The van der Waals surface area contributed by atoms with Crippen molar-refractivity contribution in [3.63, 3.8) is 0 Å². The number of fused-ring (bicyclic) bond motifs is 1. The van der Waals surface area contributed by atoms with Crippen LogP contribution in [-0.4, -0.2) is 25.0 Å². The number of para-hydroxylation sites is 2. The summed E-state index contributed by atoms with van der Waals surface area (Å²) >= 11 is 6.47. The molecule has 0 saturated carbocycles. The van der Waals surface area contributed by atoms with Crippen molar-refractivity contribution < 1.29 is 27.5 Å². The number of amides is 1. The summed E-state index contributed by atoms with van der Waals surface area (Å²) < 4.78 is 47.1. The van der Waals surface area contributed by atoms with E-state index in [1.54, 1.807) is 55.6 Å². The van der Waals surface area contributed by atoms with Crippen LogP contribution in [0.4, 0.5) is 24.5 Å². The topological polar surface area (TPSA) is 58.6 Å². The van der Waals surface area contributed by atoms with Crippen LogP contribution < -0.4 is 15.0 Å². The van der Waals surface area contributed by atoms with E-state index in [4.69, 9.17) is 16.3 Å². The van der Waals surface area contributed by atoms with Crippen molar-refractivity contribution in [3.8, 4) is 5.75 Å². The molecule has 0 bridgehead atoms. The maximum absolute atomic E-state index is 14.0. The monoisotopic (exact) mass is 526 g/mol. The van der Waals surface area contributed by atoms with Crippen LogP contribution in [0.25, 0.3) is 0 Å². The minimum absolute atomic E-state index is 0.0120. The third-order valence-electron chi connectivity index (χ3n) is 6.74. The first-order chi connectivity index (χ1) is 17.7. The molecule has 1 aliphatic heterocycles. The van der Waals surface area contributed by atoms with Gasteiger partial charge >= 0.3 is 12.1 Å². The SMILES string of the molecule is COc1ccc([C@H]2CC(=O)C3=C(C2)Nc2ccccc2N(C(=O)C(F)(F)F)[C@@H]3c2ccccc2Cl)cc1. The Bertz CT molecular complexity index is 1400. The summed E-state index contributed by atoms with van der Waals surface area (Å²) in [5.41, 5.74) is 2.02. The third-order valence-corrected chi connectivity index (χ3v) is 7.08. The molecule has 3 aromatic rings. The number of carbonyl (C=O) groups excluding carboxylic acids is 2. The molecule has 190 valence electrons. The summed E-state index contributed by atoms with van der Waals surface area (Å²) in [6.45, 7) is 0. The number of benzene rings is 3. The zero-order valence-electron chi connectivity index (χ0n) is 19.7. The van der Waals surface area contributed by atoms with Crippen molar-refractivity contribution in [1.82, 2.24) is 0 Å². The van der Waals surface area contributed by atoms with Crippen LogP contribution >= 0.6 is 11.6 Å². The number of rotatable bonds is 3. The smallest absolute Gasteiger partial charge is 0.471 e. The molecular weight excluding hydrogens is 505 g/mol. The summed E-state index contributed by atoms with van der Waals surface area (Å²) in [6.07, 6.45) is -4.75. The number of allylic oxidation sites excluding steroid dienone is 1. The van der Waals surface area contributed by atoms with Gasteiger partial charge in [0.2, 0.25) is 0 Å². The van der Waals surface area contributed by atoms with Crippen molar-refractivity contribution >= 4 is 34.7 Å². The summed E-state index contributed by atoms with van der Waals surface area (Å²) in [4.78, 5) is 27.4. The molecule has 1 aliphatic carbocycles. The van der Waals surface area contributed by atoms with Gasteiger partial charge in [0.15, 0.2) is 5.78 Å². The highest BCUT2D eigenvalue weighted by molar-refractivity contribution is 6.31. The molecule has 3 aromatic carbocycles. The average molecular weight is 527 g/mol. The summed E-state index contributed by atoms with van der Waals surface area (Å²) in [7, 11) is 1.56. The van der Waals surface area contributed by atoms with Crippen LogP contribution in [-0.2, 0) is 9.59 Å². The number of carbonyl (C=O) groups is 2. The van der Waals surface area contributed by atoms with Crippen molar-refractivity contribution in [3.05, 3.63) is 100 Å². The van der Waals surface area contributed by atoms with Gasteiger partial charge in [0, 0.05) is 22.7 Å². The van der Waals surface area contributed by atoms with Gasteiger partial charge in [-0.25, -0.2) is 0 Å². The average Bonchev–Trinajstić information content (AvgIpc) is 3.02. The normalized spacial score (nSPS) is 19.5. The van der Waals surface area contributed by atoms with E-state index in [1.807, 2.05) is 12.1 Å². The van der Waals surface area contributed by atoms with Gasteiger partial charge in [-0.05, 0) is 53.8 Å². The number of nitrogens with zero attached hydrogens (tertiary/aromatic N) is 1. The van der Waals surface area contributed by atoms with Crippen LogP contribution in [0.15, 0.2) is 84.1 Å². The Morgan fingerprint density at radius 1 is 1.00 bits per heavy atom. The Morgan fingerprint density at radius 3 is 2.35 bits per heavy atom. The lowest BCUT2D eigenvalue weighted by atomic mass is 9.78. The molecule has 37 heavy (non-hydrogen) atoms. The summed E-state index contributed by atoms with van der Waals surface area (Å²) in [5.74, 6) is -1.97. The fourth-order valence-electron chi connectivity index (χ4n) is 5.05. The molecule has 1 N–H and O–H groups in total. The van der Waals surface area contributed by atoms with Crippen LogP contribution in [0.5, 0.6) is 5.75 Å². The van der Waals surface area contributed by atoms with Gasteiger partial charge in [-0.1, -0.05) is 54.1 Å². The van der Waals surface area contributed by atoms with E-state index in [2.05, 4.69) is 5.32 Å². The lowest BCUT2D eigenvalue weighted by molar-refractivity contribution is -0.170. The Labute approximate surface area is 216 Å². The molecule has 0 saturated heterocycles. The predicted octanol–water partition coefficient (Wildman–Crippen LogP) is 6.81. The molecule has 0 aromatic heterocycles. The standard InChI is InChI=1S/C28H22ClF3N2O3/c1-37-18-12-10-16(11-13-18)17-14-22-25(24(35)15-17)26(19-6-2-3-7-20(19)29)34(27(36)28(30,31)32)23-9-5-4-8-21(23)33-22/h2-13,17,26,33H,14-15H2,1H3/t17-,26-/m1/s1. The Kier molecular flexibility index (Phi) is 6.45. The Morgan fingerprint density at radius 2 is 1.68 bits per heavy atom. The van der Waals surface area contributed by atoms with Crippen molar-refractivity contribution in [1.29, 1.82) is 0 Å². The number of halogens is 4. The highest BCUT2D eigenvalue weighted by Gasteiger charge is 2.50. The first kappa shape index (κ1) is 24.9. The van der Waals surface area contributed by atoms with Gasteiger partial charge < -0.3 is 10.1 Å². The minimum Gasteiger partial charge on any atom is -0.497 e. The fourth-order valence-corrected chi connectivity index (χ4v) is 5.29. The van der Waals surface area contributed by atoms with Gasteiger partial charge in [0.05, 0.1) is 24.5 Å². The van der Waals surface area contributed by atoms with Crippen molar-refractivity contribution in [2.45, 2.75) is 31.0 Å². The maximum atomic E-state index is 14.0. The lowest BCUT2D eigenvalue weighted by Gasteiger charge is -2.35. The molecule has 5 nitrogen and oxygen atoms in total. The van der Waals surface area contributed by atoms with Gasteiger partial charge in [-0.15, -0.1) is 0 Å². The molecule has 2 atom stereocenters. The number of hydrogen-bond donors (Lipinski definition) is 1. The second-order valence-corrected chi connectivity index (χ2v) is 9.34. The summed E-state index contributed by atoms with van der Waals surface area (Å²) in [5, 5.41) is 3.36. The number of hydrogen-bond acceptors (Lipinski definition) is 4. The molecule has 0 radical (unpaired) electrons. The molecule has 1 amide bonds. The molecule has 0 fully saturated rings. The third kappa shape index (κ3) is 4.57.